The van der Waals surface area contributed by atoms with Gasteiger partial charge >= 0.3 is 0 Å². The number of anilines is 1. The average Bonchev–Trinajstić information content (AvgIpc) is 3.47. The zero-order chi connectivity index (χ0) is 18.1. The van der Waals surface area contributed by atoms with Gasteiger partial charge in [-0.05, 0) is 43.7 Å². The van der Waals surface area contributed by atoms with Gasteiger partial charge in [-0.25, -0.2) is 0 Å². The molecule has 0 radical (unpaired) electrons. The van der Waals surface area contributed by atoms with E-state index in [1.165, 1.54) is 5.69 Å². The van der Waals surface area contributed by atoms with Gasteiger partial charge in [-0.1, -0.05) is 6.92 Å². The van der Waals surface area contributed by atoms with Gasteiger partial charge in [0.2, 0.25) is 11.8 Å². The first-order valence-corrected chi connectivity index (χ1v) is 9.86. The Hall–Kier alpha value is -2.11. The summed E-state index contributed by atoms with van der Waals surface area (Å²) < 4.78 is 0. The zero-order valence-electron chi connectivity index (χ0n) is 15.4. The molecular weight excluding hydrogens is 328 g/mol. The maximum absolute atomic E-state index is 13.0. The van der Waals surface area contributed by atoms with Gasteiger partial charge in [0.05, 0.1) is 6.04 Å². The van der Waals surface area contributed by atoms with Gasteiger partial charge in [0, 0.05) is 56.1 Å². The third-order valence-corrected chi connectivity index (χ3v) is 6.07. The van der Waals surface area contributed by atoms with Gasteiger partial charge in [-0.2, -0.15) is 0 Å². The molecule has 1 aliphatic carbocycles. The molecule has 1 aromatic heterocycles. The van der Waals surface area contributed by atoms with Crippen molar-refractivity contribution in [3.63, 3.8) is 0 Å². The van der Waals surface area contributed by atoms with E-state index < -0.39 is 0 Å². The molecule has 2 atom stereocenters. The first-order valence-electron chi connectivity index (χ1n) is 9.86. The summed E-state index contributed by atoms with van der Waals surface area (Å²) in [6.07, 6.45) is 7.45. The Bertz CT molecular complexity index is 653. The van der Waals surface area contributed by atoms with Crippen LogP contribution in [0.25, 0.3) is 0 Å². The molecule has 3 heterocycles. The minimum atomic E-state index is 0.109. The molecule has 2 amide bonds. The third-order valence-electron chi connectivity index (χ3n) is 6.07. The normalized spacial score (nSPS) is 26.8. The van der Waals surface area contributed by atoms with Gasteiger partial charge in [0.15, 0.2) is 0 Å². The lowest BCUT2D eigenvalue weighted by Gasteiger charge is -2.34. The average molecular weight is 356 g/mol. The summed E-state index contributed by atoms with van der Waals surface area (Å²) in [7, 11) is 0. The van der Waals surface area contributed by atoms with E-state index in [0.717, 1.165) is 45.3 Å². The highest BCUT2D eigenvalue weighted by Gasteiger charge is 2.39. The molecule has 2 unspecified atom stereocenters. The van der Waals surface area contributed by atoms with Gasteiger partial charge in [0.25, 0.3) is 0 Å². The quantitative estimate of drug-likeness (QED) is 0.891. The van der Waals surface area contributed by atoms with Crippen LogP contribution in [-0.2, 0) is 9.59 Å². The fraction of sp³-hybridized carbons (Fsp3) is 0.650. The van der Waals surface area contributed by atoms with Crippen molar-refractivity contribution in [1.82, 2.24) is 15.2 Å². The summed E-state index contributed by atoms with van der Waals surface area (Å²) in [4.78, 5) is 33.4. The largest absolute Gasteiger partial charge is 0.371 e. The summed E-state index contributed by atoms with van der Waals surface area (Å²) in [6, 6.07) is 4.17. The SMILES string of the molecule is CC1CN(C(=O)C2CCN(c3ccncc3)CC2)CC1NC(=O)C1CC1. The second-order valence-electron chi connectivity index (χ2n) is 8.08. The molecule has 1 N–H and O–H groups in total. The number of carbonyl (C=O) groups is 2. The van der Waals surface area contributed by atoms with E-state index in [1.54, 1.807) is 0 Å². The third kappa shape index (κ3) is 3.69. The molecule has 1 aromatic rings. The number of nitrogens with one attached hydrogen (secondary N) is 1. The first kappa shape index (κ1) is 17.3. The highest BCUT2D eigenvalue weighted by molar-refractivity contribution is 5.82. The number of pyridine rings is 1. The molecule has 4 rings (SSSR count). The van der Waals surface area contributed by atoms with Crippen LogP contribution in [-0.4, -0.2) is 53.9 Å². The van der Waals surface area contributed by atoms with Crippen molar-refractivity contribution in [2.45, 2.75) is 38.6 Å². The molecule has 2 aliphatic heterocycles. The number of aromatic nitrogens is 1. The van der Waals surface area contributed by atoms with E-state index in [2.05, 4.69) is 22.1 Å². The van der Waals surface area contributed by atoms with Gasteiger partial charge in [-0.15, -0.1) is 0 Å². The standard InChI is InChI=1S/C20H28N4O2/c1-14-12-24(13-18(14)22-19(25)15-2-3-15)20(26)16-6-10-23(11-7-16)17-4-8-21-9-5-17/h4-5,8-9,14-16,18H,2-3,6-7,10-13H2,1H3,(H,22,25). The number of piperidine rings is 1. The second kappa shape index (κ2) is 7.25. The van der Waals surface area contributed by atoms with Crippen molar-refractivity contribution >= 4 is 17.5 Å². The number of amides is 2. The molecule has 140 valence electrons. The van der Waals surface area contributed by atoms with Gasteiger partial charge in [0.1, 0.15) is 0 Å². The Morgan fingerprint density at radius 1 is 1.04 bits per heavy atom. The fourth-order valence-corrected chi connectivity index (χ4v) is 4.18. The van der Waals surface area contributed by atoms with Crippen LogP contribution in [0.1, 0.15) is 32.6 Å². The number of hydrogen-bond acceptors (Lipinski definition) is 4. The lowest BCUT2D eigenvalue weighted by Crippen LogP contribution is -2.44. The van der Waals surface area contributed by atoms with Crippen LogP contribution in [0.3, 0.4) is 0 Å². The van der Waals surface area contributed by atoms with Crippen LogP contribution in [0.15, 0.2) is 24.5 Å². The van der Waals surface area contributed by atoms with Crippen molar-refractivity contribution in [2.24, 2.45) is 17.8 Å². The molecule has 1 saturated carbocycles. The summed E-state index contributed by atoms with van der Waals surface area (Å²) in [5.41, 5.74) is 1.18. The molecule has 0 spiro atoms. The maximum Gasteiger partial charge on any atom is 0.225 e. The lowest BCUT2D eigenvalue weighted by atomic mass is 9.95. The molecule has 0 aromatic carbocycles. The van der Waals surface area contributed by atoms with Gasteiger partial charge in [-0.3, -0.25) is 14.6 Å². The summed E-state index contributed by atoms with van der Waals surface area (Å²) >= 11 is 0. The van der Waals surface area contributed by atoms with Crippen LogP contribution < -0.4 is 10.2 Å². The number of hydrogen-bond donors (Lipinski definition) is 1. The summed E-state index contributed by atoms with van der Waals surface area (Å²) in [5.74, 6) is 1.12. The van der Waals surface area contributed by atoms with E-state index in [4.69, 9.17) is 0 Å². The Kier molecular flexibility index (Phi) is 4.83. The number of carbonyl (C=O) groups excluding carboxylic acids is 2. The minimum absolute atomic E-state index is 0.109. The van der Waals surface area contributed by atoms with Crippen molar-refractivity contribution in [1.29, 1.82) is 0 Å². The van der Waals surface area contributed by atoms with Crippen molar-refractivity contribution in [3.05, 3.63) is 24.5 Å². The van der Waals surface area contributed by atoms with Crippen LogP contribution in [0.4, 0.5) is 5.69 Å². The van der Waals surface area contributed by atoms with E-state index >= 15 is 0 Å². The Morgan fingerprint density at radius 2 is 1.73 bits per heavy atom. The highest BCUT2D eigenvalue weighted by Crippen LogP contribution is 2.30. The Morgan fingerprint density at radius 3 is 2.38 bits per heavy atom. The summed E-state index contributed by atoms with van der Waals surface area (Å²) in [5, 5.41) is 3.16. The molecule has 26 heavy (non-hydrogen) atoms. The number of likely N-dealkylation sites (tertiary alicyclic amines) is 1. The van der Waals surface area contributed by atoms with E-state index in [9.17, 15) is 9.59 Å². The smallest absolute Gasteiger partial charge is 0.225 e. The molecule has 3 fully saturated rings. The van der Waals surface area contributed by atoms with E-state index in [-0.39, 0.29) is 29.7 Å². The fourth-order valence-electron chi connectivity index (χ4n) is 4.18. The molecule has 2 saturated heterocycles. The van der Waals surface area contributed by atoms with E-state index in [1.807, 2.05) is 29.4 Å². The molecule has 3 aliphatic rings. The number of rotatable bonds is 4. The molecule has 6 heteroatoms. The zero-order valence-corrected chi connectivity index (χ0v) is 15.4. The predicted octanol–water partition coefficient (Wildman–Crippen LogP) is 1.67. The van der Waals surface area contributed by atoms with Gasteiger partial charge < -0.3 is 15.1 Å². The maximum atomic E-state index is 13.0. The Balaban J connectivity index is 1.29. The van der Waals surface area contributed by atoms with Crippen LogP contribution in [0.5, 0.6) is 0 Å². The van der Waals surface area contributed by atoms with Crippen molar-refractivity contribution < 1.29 is 9.59 Å². The van der Waals surface area contributed by atoms with Crippen LogP contribution >= 0.6 is 0 Å². The van der Waals surface area contributed by atoms with Crippen molar-refractivity contribution in [3.8, 4) is 0 Å². The molecular formula is C20H28N4O2. The first-order chi connectivity index (χ1) is 12.6. The minimum Gasteiger partial charge on any atom is -0.371 e. The second-order valence-corrected chi connectivity index (χ2v) is 8.08. The number of nitrogens with zero attached hydrogens (tertiary/aromatic N) is 3. The lowest BCUT2D eigenvalue weighted by molar-refractivity contribution is -0.135. The predicted molar refractivity (Wildman–Crippen MR) is 99.6 cm³/mol. The Labute approximate surface area is 155 Å². The van der Waals surface area contributed by atoms with E-state index in [0.29, 0.717) is 12.5 Å². The highest BCUT2D eigenvalue weighted by atomic mass is 16.2. The van der Waals surface area contributed by atoms with Crippen LogP contribution in [0, 0.1) is 17.8 Å². The molecule has 6 nitrogen and oxygen atoms in total. The summed E-state index contributed by atoms with van der Waals surface area (Å²) in [6.45, 7) is 5.39. The van der Waals surface area contributed by atoms with Crippen LogP contribution in [0.2, 0.25) is 0 Å². The van der Waals surface area contributed by atoms with Crippen molar-refractivity contribution in [2.75, 3.05) is 31.1 Å². The topological polar surface area (TPSA) is 65.5 Å². The molecule has 0 bridgehead atoms. The monoisotopic (exact) mass is 356 g/mol.